The normalized spacial score (nSPS) is 11.3. The van der Waals surface area contributed by atoms with Crippen LogP contribution in [0, 0.1) is 29.1 Å². The van der Waals surface area contributed by atoms with Crippen LogP contribution < -0.4 is 4.74 Å². The Balaban J connectivity index is 2.01. The maximum absolute atomic E-state index is 14.1. The number of aromatic nitrogens is 4. The summed E-state index contributed by atoms with van der Waals surface area (Å²) in [5.74, 6) is -13.2. The van der Waals surface area contributed by atoms with E-state index >= 15 is 0 Å². The molecule has 4 rings (SSSR count). The molecule has 0 atom stereocenters. The zero-order valence-corrected chi connectivity index (χ0v) is 15.2. The summed E-state index contributed by atoms with van der Waals surface area (Å²) in [6, 6.07) is 2.50. The number of carbonyl (C=O) groups excluding carboxylic acids is 1. The minimum absolute atomic E-state index is 0.0757. The molecule has 2 heterocycles. The lowest BCUT2D eigenvalue weighted by atomic mass is 9.99. The van der Waals surface area contributed by atoms with Crippen LogP contribution in [-0.2, 0) is 0 Å². The third-order valence-corrected chi connectivity index (χ3v) is 4.52. The SMILES string of the molecule is COc1ccc2c(C(=O)c3c(F)c(F)c(F)c(F)c3F)nn(O)c2c1-c1cnn(O)c1. The molecule has 0 spiro atoms. The van der Waals surface area contributed by atoms with Gasteiger partial charge in [-0.25, -0.2) is 22.0 Å². The summed E-state index contributed by atoms with van der Waals surface area (Å²) >= 11 is 0. The molecule has 0 radical (unpaired) electrons. The number of carbonyl (C=O) groups is 1. The number of nitrogens with zero attached hydrogens (tertiary/aromatic N) is 4. The Bertz CT molecular complexity index is 1350. The second-order valence-corrected chi connectivity index (χ2v) is 6.20. The molecule has 0 unspecified atom stereocenters. The van der Waals surface area contributed by atoms with Crippen LogP contribution in [0.4, 0.5) is 22.0 Å². The van der Waals surface area contributed by atoms with Gasteiger partial charge in [0.25, 0.3) is 0 Å². The van der Waals surface area contributed by atoms with Crippen molar-refractivity contribution in [1.82, 2.24) is 19.9 Å². The van der Waals surface area contributed by atoms with E-state index in [1.807, 2.05) is 0 Å². The van der Waals surface area contributed by atoms with E-state index in [1.165, 1.54) is 25.4 Å². The maximum atomic E-state index is 14.1. The van der Waals surface area contributed by atoms with Gasteiger partial charge in [-0.3, -0.25) is 4.79 Å². The highest BCUT2D eigenvalue weighted by atomic mass is 19.2. The van der Waals surface area contributed by atoms with Gasteiger partial charge in [-0.2, -0.15) is 0 Å². The summed E-state index contributed by atoms with van der Waals surface area (Å²) in [5.41, 5.74) is -2.46. The predicted octanol–water partition coefficient (Wildman–Crippen LogP) is 3.31. The lowest BCUT2D eigenvalue weighted by Gasteiger charge is -2.09. The number of methoxy groups -OCH3 is 1. The molecule has 0 aliphatic rings. The van der Waals surface area contributed by atoms with Crippen LogP contribution in [0.2, 0.25) is 0 Å². The Kier molecular flexibility index (Phi) is 4.52. The van der Waals surface area contributed by atoms with Gasteiger partial charge in [-0.05, 0) is 12.1 Å². The van der Waals surface area contributed by atoms with Crippen LogP contribution in [-0.4, -0.2) is 43.2 Å². The van der Waals surface area contributed by atoms with Crippen LogP contribution >= 0.6 is 0 Å². The largest absolute Gasteiger partial charge is 0.496 e. The second kappa shape index (κ2) is 6.97. The fourth-order valence-corrected chi connectivity index (χ4v) is 3.15. The van der Waals surface area contributed by atoms with Crippen molar-refractivity contribution in [2.24, 2.45) is 0 Å². The van der Waals surface area contributed by atoms with Crippen LogP contribution in [0.3, 0.4) is 0 Å². The van der Waals surface area contributed by atoms with Crippen molar-refractivity contribution in [3.05, 3.63) is 64.9 Å². The van der Waals surface area contributed by atoms with E-state index in [-0.39, 0.29) is 32.6 Å². The Morgan fingerprint density at radius 3 is 2.16 bits per heavy atom. The minimum atomic E-state index is -2.42. The lowest BCUT2D eigenvalue weighted by molar-refractivity contribution is 0.101. The number of hydrogen-bond donors (Lipinski definition) is 2. The summed E-state index contributed by atoms with van der Waals surface area (Å²) < 4.78 is 73.8. The molecule has 31 heavy (non-hydrogen) atoms. The zero-order chi connectivity index (χ0) is 22.6. The van der Waals surface area contributed by atoms with Gasteiger partial charge in [0.1, 0.15) is 22.5 Å². The first-order chi connectivity index (χ1) is 14.7. The van der Waals surface area contributed by atoms with Crippen molar-refractivity contribution in [2.75, 3.05) is 7.11 Å². The molecule has 0 amide bonds. The Labute approximate surface area is 168 Å². The monoisotopic (exact) mass is 440 g/mol. The highest BCUT2D eigenvalue weighted by Crippen LogP contribution is 2.38. The van der Waals surface area contributed by atoms with Crippen molar-refractivity contribution in [1.29, 1.82) is 0 Å². The van der Waals surface area contributed by atoms with Gasteiger partial charge in [0.05, 0.1) is 25.1 Å². The lowest BCUT2D eigenvalue weighted by Crippen LogP contribution is -2.14. The van der Waals surface area contributed by atoms with Crippen molar-refractivity contribution >= 4 is 16.7 Å². The Hall–Kier alpha value is -4.16. The standard InChI is InChI=1S/C18H9F5N4O4/c1-31-8-3-2-7-16(18(28)10-11(19)13(21)15(23)14(22)12(10)20)25-27(30)17(7)9(8)6-4-24-26(29)5-6/h2-5,29-30H,1H3. The van der Waals surface area contributed by atoms with Gasteiger partial charge in [-0.1, -0.05) is 0 Å². The summed E-state index contributed by atoms with van der Waals surface area (Å²) in [5, 5.41) is 26.6. The smallest absolute Gasteiger partial charge is 0.220 e. The fourth-order valence-electron chi connectivity index (χ4n) is 3.15. The zero-order valence-electron chi connectivity index (χ0n) is 15.2. The molecule has 160 valence electrons. The number of ether oxygens (including phenoxy) is 1. The number of fused-ring (bicyclic) bond motifs is 1. The van der Waals surface area contributed by atoms with E-state index in [0.717, 1.165) is 6.20 Å². The molecule has 2 aromatic heterocycles. The number of hydrogen-bond acceptors (Lipinski definition) is 6. The molecule has 13 heteroatoms. The maximum Gasteiger partial charge on any atom is 0.220 e. The number of benzene rings is 2. The first kappa shape index (κ1) is 20.1. The molecular formula is C18H9F5N4O4. The molecule has 2 aromatic carbocycles. The average Bonchev–Trinajstić information content (AvgIpc) is 3.33. The quantitative estimate of drug-likeness (QED) is 0.166. The molecule has 4 aromatic rings. The van der Waals surface area contributed by atoms with Crippen molar-refractivity contribution in [3.63, 3.8) is 0 Å². The molecule has 8 nitrogen and oxygen atoms in total. The molecule has 0 fully saturated rings. The van der Waals surface area contributed by atoms with Crippen LogP contribution in [0.15, 0.2) is 24.5 Å². The van der Waals surface area contributed by atoms with Gasteiger partial charge in [0, 0.05) is 10.9 Å². The van der Waals surface area contributed by atoms with Gasteiger partial charge in [0.15, 0.2) is 23.3 Å². The number of ketones is 1. The van der Waals surface area contributed by atoms with E-state index < -0.39 is 46.1 Å². The second-order valence-electron chi connectivity index (χ2n) is 6.20. The molecular weight excluding hydrogens is 431 g/mol. The van der Waals surface area contributed by atoms with Crippen molar-refractivity contribution in [3.8, 4) is 16.9 Å². The first-order valence-corrected chi connectivity index (χ1v) is 8.26. The molecule has 0 saturated carbocycles. The summed E-state index contributed by atoms with van der Waals surface area (Å²) in [6.45, 7) is 0. The van der Waals surface area contributed by atoms with E-state index in [9.17, 15) is 37.2 Å². The van der Waals surface area contributed by atoms with Crippen LogP contribution in [0.1, 0.15) is 16.1 Å². The molecule has 0 saturated heterocycles. The van der Waals surface area contributed by atoms with Gasteiger partial charge in [-0.15, -0.1) is 19.9 Å². The van der Waals surface area contributed by atoms with Gasteiger partial charge < -0.3 is 15.2 Å². The van der Waals surface area contributed by atoms with Crippen LogP contribution in [0.25, 0.3) is 22.0 Å². The van der Waals surface area contributed by atoms with Crippen molar-refractivity contribution in [2.45, 2.75) is 0 Å². The average molecular weight is 440 g/mol. The fraction of sp³-hybridized carbons (Fsp3) is 0.0556. The highest BCUT2D eigenvalue weighted by molar-refractivity contribution is 6.17. The molecule has 0 aliphatic carbocycles. The topological polar surface area (TPSA) is 102 Å². The molecule has 2 N–H and O–H groups in total. The van der Waals surface area contributed by atoms with E-state index in [0.29, 0.717) is 4.85 Å². The predicted molar refractivity (Wildman–Crippen MR) is 91.5 cm³/mol. The Morgan fingerprint density at radius 1 is 1.00 bits per heavy atom. The van der Waals surface area contributed by atoms with Crippen LogP contribution in [0.5, 0.6) is 5.75 Å². The van der Waals surface area contributed by atoms with Gasteiger partial charge >= 0.3 is 0 Å². The highest BCUT2D eigenvalue weighted by Gasteiger charge is 2.33. The van der Waals surface area contributed by atoms with Gasteiger partial charge in [0.2, 0.25) is 11.6 Å². The minimum Gasteiger partial charge on any atom is -0.496 e. The number of halogens is 5. The molecule has 0 bridgehead atoms. The first-order valence-electron chi connectivity index (χ1n) is 8.26. The van der Waals surface area contributed by atoms with E-state index in [2.05, 4.69) is 10.2 Å². The third kappa shape index (κ3) is 2.85. The summed E-state index contributed by atoms with van der Waals surface area (Å²) in [7, 11) is 1.28. The van der Waals surface area contributed by atoms with Crippen molar-refractivity contribution < 1.29 is 41.9 Å². The Morgan fingerprint density at radius 2 is 1.61 bits per heavy atom. The van der Waals surface area contributed by atoms with E-state index in [4.69, 9.17) is 4.74 Å². The summed E-state index contributed by atoms with van der Waals surface area (Å²) in [4.78, 5) is 13.4. The molecule has 0 aliphatic heterocycles. The summed E-state index contributed by atoms with van der Waals surface area (Å²) in [6.07, 6.45) is 2.30. The third-order valence-electron chi connectivity index (χ3n) is 4.52. The van der Waals surface area contributed by atoms with E-state index in [1.54, 1.807) is 0 Å². The number of rotatable bonds is 4.